The Labute approximate surface area is 154 Å². The van der Waals surface area contributed by atoms with Crippen molar-refractivity contribution in [2.45, 2.75) is 12.3 Å². The second-order valence-electron chi connectivity index (χ2n) is 7.02. The maximum absolute atomic E-state index is 3.89. The first-order valence-electron chi connectivity index (χ1n) is 9.10. The van der Waals surface area contributed by atoms with Crippen molar-refractivity contribution in [2.75, 3.05) is 0 Å². The van der Waals surface area contributed by atoms with Crippen LogP contribution >= 0.6 is 0 Å². The zero-order valence-corrected chi connectivity index (χ0v) is 14.9. The first-order chi connectivity index (χ1) is 12.8. The maximum Gasteiger partial charge on any atom is 0.0722 e. The molecule has 0 N–H and O–H groups in total. The monoisotopic (exact) mass is 332 g/mol. The number of rotatable bonds is 2. The first kappa shape index (κ1) is 15.2. The smallest absolute Gasteiger partial charge is 0.0722 e. The molecule has 3 aromatic carbocycles. The highest BCUT2D eigenvalue weighted by Crippen LogP contribution is 2.61. The lowest BCUT2D eigenvalue weighted by molar-refractivity contribution is 0.786. The fourth-order valence-corrected chi connectivity index (χ4v) is 4.94. The molecule has 0 fully saturated rings. The fraction of sp³-hybridized carbons (Fsp3) is 0.0769. The zero-order valence-electron chi connectivity index (χ0n) is 14.9. The van der Waals surface area contributed by atoms with Gasteiger partial charge in [0.15, 0.2) is 0 Å². The summed E-state index contributed by atoms with van der Waals surface area (Å²) in [5.41, 5.74) is 10.7. The Morgan fingerprint density at radius 1 is 0.692 bits per heavy atom. The SMILES string of the molecule is C=C/C=C\C1=C(C)c2ccccc2C12c1ccccc1-c1ccccc12. The molecule has 0 aliphatic heterocycles. The Bertz CT molecular complexity index is 1060. The molecule has 0 saturated carbocycles. The number of fused-ring (bicyclic) bond motifs is 7. The van der Waals surface area contributed by atoms with E-state index in [1.807, 2.05) is 6.08 Å². The third-order valence-electron chi connectivity index (χ3n) is 5.89. The molecule has 2 aliphatic rings. The van der Waals surface area contributed by atoms with Crippen molar-refractivity contribution < 1.29 is 0 Å². The second kappa shape index (κ2) is 5.44. The third-order valence-corrected chi connectivity index (χ3v) is 5.89. The lowest BCUT2D eigenvalue weighted by Gasteiger charge is -2.31. The molecule has 0 atom stereocenters. The Hall–Kier alpha value is -3.12. The number of hydrogen-bond acceptors (Lipinski definition) is 0. The van der Waals surface area contributed by atoms with Crippen molar-refractivity contribution >= 4 is 5.57 Å². The highest BCUT2D eigenvalue weighted by Gasteiger charge is 2.51. The van der Waals surface area contributed by atoms with Crippen LogP contribution in [0.15, 0.2) is 103 Å². The van der Waals surface area contributed by atoms with Crippen molar-refractivity contribution in [3.63, 3.8) is 0 Å². The standard InChI is InChI=1S/C26H20/c1-3-4-14-22-18(2)19-11-5-8-15-23(19)26(22)24-16-9-6-12-20(24)21-13-7-10-17-25(21)26/h3-17H,1H2,2H3/b14-4-. The molecule has 0 heterocycles. The van der Waals surface area contributed by atoms with E-state index in [-0.39, 0.29) is 5.41 Å². The van der Waals surface area contributed by atoms with Crippen LogP contribution in [0.3, 0.4) is 0 Å². The van der Waals surface area contributed by atoms with E-state index in [4.69, 9.17) is 0 Å². The summed E-state index contributed by atoms with van der Waals surface area (Å²) in [4.78, 5) is 0. The predicted molar refractivity (Wildman–Crippen MR) is 110 cm³/mol. The summed E-state index contributed by atoms with van der Waals surface area (Å²) in [5, 5.41) is 0. The quantitative estimate of drug-likeness (QED) is 0.468. The molecule has 26 heavy (non-hydrogen) atoms. The summed E-state index contributed by atoms with van der Waals surface area (Å²) in [7, 11) is 0. The summed E-state index contributed by atoms with van der Waals surface area (Å²) in [6.45, 7) is 6.14. The van der Waals surface area contributed by atoms with Crippen LogP contribution in [-0.2, 0) is 5.41 Å². The third kappa shape index (κ3) is 1.69. The second-order valence-corrected chi connectivity index (χ2v) is 7.02. The summed E-state index contributed by atoms with van der Waals surface area (Å²) >= 11 is 0. The van der Waals surface area contributed by atoms with Crippen molar-refractivity contribution in [3.8, 4) is 11.1 Å². The molecule has 0 radical (unpaired) electrons. The molecule has 1 spiro atoms. The molecule has 2 aliphatic carbocycles. The topological polar surface area (TPSA) is 0 Å². The number of benzene rings is 3. The van der Waals surface area contributed by atoms with Gasteiger partial charge >= 0.3 is 0 Å². The van der Waals surface area contributed by atoms with E-state index >= 15 is 0 Å². The first-order valence-corrected chi connectivity index (χ1v) is 9.10. The average molecular weight is 332 g/mol. The van der Waals surface area contributed by atoms with Gasteiger partial charge < -0.3 is 0 Å². The Kier molecular flexibility index (Phi) is 3.17. The largest absolute Gasteiger partial charge is 0.0991 e. The molecule has 0 amide bonds. The lowest BCUT2D eigenvalue weighted by Crippen LogP contribution is -2.26. The number of allylic oxidation sites excluding steroid dienone is 5. The summed E-state index contributed by atoms with van der Waals surface area (Å²) in [6, 6.07) is 26.6. The molecule has 3 aromatic rings. The summed E-state index contributed by atoms with van der Waals surface area (Å²) in [5.74, 6) is 0. The molecule has 0 heteroatoms. The van der Waals surface area contributed by atoms with Crippen molar-refractivity contribution in [1.29, 1.82) is 0 Å². The van der Waals surface area contributed by atoms with Gasteiger partial charge in [0.25, 0.3) is 0 Å². The van der Waals surface area contributed by atoms with Crippen LogP contribution in [0.4, 0.5) is 0 Å². The highest BCUT2D eigenvalue weighted by atomic mass is 14.5. The minimum Gasteiger partial charge on any atom is -0.0991 e. The van der Waals surface area contributed by atoms with Gasteiger partial charge in [0, 0.05) is 0 Å². The normalized spacial score (nSPS) is 16.0. The molecule has 5 rings (SSSR count). The van der Waals surface area contributed by atoms with Crippen LogP contribution in [0.2, 0.25) is 0 Å². The summed E-state index contributed by atoms with van der Waals surface area (Å²) < 4.78 is 0. The van der Waals surface area contributed by atoms with E-state index in [0.717, 1.165) is 0 Å². The molecule has 0 unspecified atom stereocenters. The lowest BCUT2D eigenvalue weighted by atomic mass is 9.69. The average Bonchev–Trinajstić information content (AvgIpc) is 3.13. The molecular formula is C26H20. The van der Waals surface area contributed by atoms with Crippen molar-refractivity contribution in [1.82, 2.24) is 0 Å². The minimum absolute atomic E-state index is 0.229. The van der Waals surface area contributed by atoms with E-state index in [0.29, 0.717) is 0 Å². The Morgan fingerprint density at radius 3 is 1.69 bits per heavy atom. The van der Waals surface area contributed by atoms with Crippen LogP contribution in [-0.4, -0.2) is 0 Å². The van der Waals surface area contributed by atoms with Gasteiger partial charge in [-0.2, -0.15) is 0 Å². The molecule has 0 bridgehead atoms. The Balaban J connectivity index is 1.99. The maximum atomic E-state index is 3.89. The number of hydrogen-bond donors (Lipinski definition) is 0. The molecular weight excluding hydrogens is 312 g/mol. The van der Waals surface area contributed by atoms with Crippen LogP contribution in [0.1, 0.15) is 29.2 Å². The van der Waals surface area contributed by atoms with Crippen LogP contribution < -0.4 is 0 Å². The van der Waals surface area contributed by atoms with E-state index in [2.05, 4.69) is 98.5 Å². The van der Waals surface area contributed by atoms with Gasteiger partial charge in [-0.3, -0.25) is 0 Å². The minimum atomic E-state index is -0.229. The zero-order chi connectivity index (χ0) is 17.7. The highest BCUT2D eigenvalue weighted by molar-refractivity contribution is 5.95. The van der Waals surface area contributed by atoms with Crippen molar-refractivity contribution in [2.24, 2.45) is 0 Å². The van der Waals surface area contributed by atoms with Crippen molar-refractivity contribution in [3.05, 3.63) is 125 Å². The molecule has 0 nitrogen and oxygen atoms in total. The fourth-order valence-electron chi connectivity index (χ4n) is 4.94. The van der Waals surface area contributed by atoms with E-state index in [1.165, 1.54) is 44.5 Å². The van der Waals surface area contributed by atoms with Gasteiger partial charge in [0.2, 0.25) is 0 Å². The van der Waals surface area contributed by atoms with Crippen LogP contribution in [0.25, 0.3) is 16.7 Å². The van der Waals surface area contributed by atoms with Crippen LogP contribution in [0.5, 0.6) is 0 Å². The van der Waals surface area contributed by atoms with Gasteiger partial charge in [-0.1, -0.05) is 97.6 Å². The van der Waals surface area contributed by atoms with E-state index in [9.17, 15) is 0 Å². The van der Waals surface area contributed by atoms with Gasteiger partial charge in [0.05, 0.1) is 5.41 Å². The van der Waals surface area contributed by atoms with Gasteiger partial charge in [0.1, 0.15) is 0 Å². The van der Waals surface area contributed by atoms with Gasteiger partial charge in [-0.05, 0) is 51.5 Å². The van der Waals surface area contributed by atoms with Gasteiger partial charge in [-0.15, -0.1) is 0 Å². The van der Waals surface area contributed by atoms with E-state index < -0.39 is 0 Å². The van der Waals surface area contributed by atoms with Crippen LogP contribution in [0, 0.1) is 0 Å². The van der Waals surface area contributed by atoms with E-state index in [1.54, 1.807) is 0 Å². The molecule has 0 aromatic heterocycles. The van der Waals surface area contributed by atoms with Gasteiger partial charge in [-0.25, -0.2) is 0 Å². The Morgan fingerprint density at radius 2 is 1.15 bits per heavy atom. The summed E-state index contributed by atoms with van der Waals surface area (Å²) in [6.07, 6.45) is 6.18. The molecule has 0 saturated heterocycles. The predicted octanol–water partition coefficient (Wildman–Crippen LogP) is 6.53. The molecule has 124 valence electrons.